The molecule has 2 aromatic rings. The molecule has 2 atom stereocenters. The van der Waals surface area contributed by atoms with Crippen LogP contribution in [0.25, 0.3) is 11.4 Å². The molecule has 29 heavy (non-hydrogen) atoms. The fraction of sp³-hybridized carbons (Fsp3) is 0.500. The SMILES string of the molecule is CN1CCCC1c1ccc(-c2ccc(C3CCCN3C)cn2)nc1.O=S(=O)(O)O. The van der Waals surface area contributed by atoms with Gasteiger partial charge in [0.15, 0.2) is 0 Å². The summed E-state index contributed by atoms with van der Waals surface area (Å²) in [6.07, 6.45) is 9.09. The van der Waals surface area contributed by atoms with E-state index < -0.39 is 10.4 Å². The Labute approximate surface area is 172 Å². The van der Waals surface area contributed by atoms with Crippen LogP contribution >= 0.6 is 0 Å². The van der Waals surface area contributed by atoms with Gasteiger partial charge in [-0.1, -0.05) is 12.1 Å². The van der Waals surface area contributed by atoms with Crippen LogP contribution < -0.4 is 0 Å². The van der Waals surface area contributed by atoms with E-state index in [2.05, 4.69) is 58.1 Å². The van der Waals surface area contributed by atoms with Crippen molar-refractivity contribution in [2.24, 2.45) is 0 Å². The van der Waals surface area contributed by atoms with Crippen molar-refractivity contribution < 1.29 is 17.5 Å². The van der Waals surface area contributed by atoms with Gasteiger partial charge in [-0.15, -0.1) is 0 Å². The Morgan fingerprint density at radius 3 is 1.45 bits per heavy atom. The minimum absolute atomic E-state index is 0.528. The van der Waals surface area contributed by atoms with Gasteiger partial charge in [-0.25, -0.2) is 0 Å². The second kappa shape index (κ2) is 9.27. The Hall–Kier alpha value is -1.91. The molecule has 2 saturated heterocycles. The van der Waals surface area contributed by atoms with Gasteiger partial charge in [0.1, 0.15) is 0 Å². The van der Waals surface area contributed by atoms with Crippen molar-refractivity contribution in [1.82, 2.24) is 19.8 Å². The van der Waals surface area contributed by atoms with E-state index in [1.807, 2.05) is 12.4 Å². The van der Waals surface area contributed by atoms with E-state index >= 15 is 0 Å². The lowest BCUT2D eigenvalue weighted by atomic mass is 10.0. The normalized spacial score (nSPS) is 23.0. The number of likely N-dealkylation sites (tertiary alicyclic amines) is 2. The second-order valence-electron chi connectivity index (χ2n) is 7.68. The highest BCUT2D eigenvalue weighted by atomic mass is 32.3. The largest absolute Gasteiger partial charge is 0.394 e. The van der Waals surface area contributed by atoms with E-state index in [9.17, 15) is 0 Å². The fourth-order valence-corrected chi connectivity index (χ4v) is 4.17. The molecule has 2 N–H and O–H groups in total. The van der Waals surface area contributed by atoms with Crippen LogP contribution in [0.3, 0.4) is 0 Å². The first-order chi connectivity index (χ1) is 13.7. The molecule has 9 heteroatoms. The zero-order valence-corrected chi connectivity index (χ0v) is 17.6. The summed E-state index contributed by atoms with van der Waals surface area (Å²) in [4.78, 5) is 14.2. The molecule has 158 valence electrons. The molecule has 0 saturated carbocycles. The third-order valence-corrected chi connectivity index (χ3v) is 5.65. The van der Waals surface area contributed by atoms with Gasteiger partial charge in [-0.3, -0.25) is 28.9 Å². The van der Waals surface area contributed by atoms with Crippen molar-refractivity contribution in [1.29, 1.82) is 0 Å². The molecule has 0 aliphatic carbocycles. The molecule has 0 bridgehead atoms. The number of aromatic nitrogens is 2. The minimum Gasteiger partial charge on any atom is -0.299 e. The molecule has 0 amide bonds. The smallest absolute Gasteiger partial charge is 0.299 e. The van der Waals surface area contributed by atoms with E-state index in [-0.39, 0.29) is 0 Å². The first kappa shape index (κ1) is 21.8. The predicted molar refractivity (Wildman–Crippen MR) is 111 cm³/mol. The van der Waals surface area contributed by atoms with E-state index in [4.69, 9.17) is 17.5 Å². The lowest BCUT2D eigenvalue weighted by molar-refractivity contribution is 0.317. The number of rotatable bonds is 3. The van der Waals surface area contributed by atoms with Gasteiger partial charge in [-0.05, 0) is 76.1 Å². The zero-order chi connectivity index (χ0) is 21.0. The lowest BCUT2D eigenvalue weighted by Gasteiger charge is -2.20. The van der Waals surface area contributed by atoms with Crippen LogP contribution in [0, 0.1) is 0 Å². The maximum atomic E-state index is 8.74. The summed E-state index contributed by atoms with van der Waals surface area (Å²) in [7, 11) is -0.266. The first-order valence-electron chi connectivity index (χ1n) is 9.75. The summed E-state index contributed by atoms with van der Waals surface area (Å²) in [5, 5.41) is 0. The van der Waals surface area contributed by atoms with E-state index in [1.165, 1.54) is 49.9 Å². The first-order valence-corrected chi connectivity index (χ1v) is 11.1. The molecular weight excluding hydrogens is 392 g/mol. The van der Waals surface area contributed by atoms with Crippen molar-refractivity contribution >= 4 is 10.4 Å². The fourth-order valence-electron chi connectivity index (χ4n) is 4.17. The van der Waals surface area contributed by atoms with Gasteiger partial charge in [0, 0.05) is 24.5 Å². The van der Waals surface area contributed by atoms with Crippen LogP contribution in [0.5, 0.6) is 0 Å². The summed E-state index contributed by atoms with van der Waals surface area (Å²) < 4.78 is 31.6. The Morgan fingerprint density at radius 1 is 0.828 bits per heavy atom. The minimum atomic E-state index is -4.67. The number of pyridine rings is 2. The van der Waals surface area contributed by atoms with Gasteiger partial charge < -0.3 is 0 Å². The monoisotopic (exact) mass is 420 g/mol. The Bertz CT molecular complexity index is 834. The average molecular weight is 421 g/mol. The van der Waals surface area contributed by atoms with Crippen LogP contribution in [-0.4, -0.2) is 64.5 Å². The molecule has 2 aliphatic heterocycles. The number of hydrogen-bond donors (Lipinski definition) is 2. The highest BCUT2D eigenvalue weighted by Crippen LogP contribution is 2.32. The van der Waals surface area contributed by atoms with E-state index in [1.54, 1.807) is 0 Å². The van der Waals surface area contributed by atoms with Gasteiger partial charge in [0.2, 0.25) is 0 Å². The molecule has 0 radical (unpaired) electrons. The lowest BCUT2D eigenvalue weighted by Crippen LogP contribution is -2.17. The average Bonchev–Trinajstić information content (AvgIpc) is 3.29. The van der Waals surface area contributed by atoms with Crippen molar-refractivity contribution in [3.05, 3.63) is 47.8 Å². The van der Waals surface area contributed by atoms with Gasteiger partial charge >= 0.3 is 10.4 Å². The number of hydrogen-bond acceptors (Lipinski definition) is 6. The Kier molecular flexibility index (Phi) is 6.97. The van der Waals surface area contributed by atoms with Crippen LogP contribution in [0.1, 0.15) is 48.9 Å². The van der Waals surface area contributed by atoms with Gasteiger partial charge in [0.25, 0.3) is 0 Å². The van der Waals surface area contributed by atoms with Gasteiger partial charge in [-0.2, -0.15) is 8.42 Å². The summed E-state index contributed by atoms with van der Waals surface area (Å²) in [6, 6.07) is 9.72. The van der Waals surface area contributed by atoms with Crippen LogP contribution in [0.2, 0.25) is 0 Å². The molecule has 2 unspecified atom stereocenters. The molecule has 4 rings (SSSR count). The van der Waals surface area contributed by atoms with Crippen molar-refractivity contribution in [2.75, 3.05) is 27.2 Å². The molecule has 0 aromatic carbocycles. The molecular formula is C20H28N4O4S. The molecule has 2 aromatic heterocycles. The van der Waals surface area contributed by atoms with Crippen molar-refractivity contribution in [2.45, 2.75) is 37.8 Å². The Morgan fingerprint density at radius 2 is 1.21 bits per heavy atom. The van der Waals surface area contributed by atoms with Crippen LogP contribution in [-0.2, 0) is 10.4 Å². The van der Waals surface area contributed by atoms with Crippen molar-refractivity contribution in [3.8, 4) is 11.4 Å². The van der Waals surface area contributed by atoms with Crippen molar-refractivity contribution in [3.63, 3.8) is 0 Å². The van der Waals surface area contributed by atoms with E-state index in [0.717, 1.165) is 11.4 Å². The highest BCUT2D eigenvalue weighted by Gasteiger charge is 2.24. The molecule has 2 fully saturated rings. The quantitative estimate of drug-likeness (QED) is 0.730. The maximum Gasteiger partial charge on any atom is 0.394 e. The molecule has 2 aliphatic rings. The summed E-state index contributed by atoms with van der Waals surface area (Å²) in [5.74, 6) is 0. The molecule has 4 heterocycles. The third kappa shape index (κ3) is 6.03. The third-order valence-electron chi connectivity index (χ3n) is 5.65. The Balaban J connectivity index is 0.000000431. The maximum absolute atomic E-state index is 8.74. The van der Waals surface area contributed by atoms with Gasteiger partial charge in [0.05, 0.1) is 11.4 Å². The molecule has 8 nitrogen and oxygen atoms in total. The second-order valence-corrected chi connectivity index (χ2v) is 8.57. The van der Waals surface area contributed by atoms with Crippen LogP contribution in [0.15, 0.2) is 36.7 Å². The molecule has 0 spiro atoms. The standard InChI is InChI=1S/C20H26N4.H2O4S/c1-23-11-3-5-19(23)15-7-9-17(21-13-15)18-10-8-16(14-22-18)20-6-4-12-24(20)2;1-5(2,3)4/h7-10,13-14,19-20H,3-6,11-12H2,1-2H3;(H2,1,2,3,4). The summed E-state index contributed by atoms with van der Waals surface area (Å²) in [5.41, 5.74) is 4.57. The number of nitrogens with zero attached hydrogens (tertiary/aromatic N) is 4. The highest BCUT2D eigenvalue weighted by molar-refractivity contribution is 7.79. The predicted octanol–water partition coefficient (Wildman–Crippen LogP) is 3.02. The summed E-state index contributed by atoms with van der Waals surface area (Å²) in [6.45, 7) is 2.37. The zero-order valence-electron chi connectivity index (χ0n) is 16.8. The van der Waals surface area contributed by atoms with Crippen LogP contribution in [0.4, 0.5) is 0 Å². The summed E-state index contributed by atoms with van der Waals surface area (Å²) >= 11 is 0. The topological polar surface area (TPSA) is 107 Å². The van der Waals surface area contributed by atoms with E-state index in [0.29, 0.717) is 12.1 Å².